The predicted octanol–water partition coefficient (Wildman–Crippen LogP) is 3.72. The van der Waals surface area contributed by atoms with Gasteiger partial charge in [0, 0.05) is 24.2 Å². The zero-order valence-electron chi connectivity index (χ0n) is 18.3. The lowest BCUT2D eigenvalue weighted by Crippen LogP contribution is -2.38. The van der Waals surface area contributed by atoms with E-state index in [1.165, 1.54) is 4.90 Å². The Morgan fingerprint density at radius 1 is 0.871 bits per heavy atom. The third-order valence-electron chi connectivity index (χ3n) is 6.14. The molecule has 0 aromatic heterocycles. The molecule has 2 aromatic rings. The van der Waals surface area contributed by atoms with Crippen LogP contribution in [0.5, 0.6) is 11.5 Å². The maximum Gasteiger partial charge on any atom is 0.278 e. The summed E-state index contributed by atoms with van der Waals surface area (Å²) in [5, 5.41) is 0. The molecule has 4 rings (SSSR count). The van der Waals surface area contributed by atoms with Crippen molar-refractivity contribution in [3.05, 3.63) is 65.4 Å². The van der Waals surface area contributed by atoms with Gasteiger partial charge in [-0.15, -0.1) is 0 Å². The molecular weight excluding hydrogens is 392 g/mol. The number of likely N-dealkylation sites (tertiary alicyclic amines) is 1. The molecular formula is C25H28N2O4. The number of benzene rings is 2. The molecule has 0 unspecified atom stereocenters. The van der Waals surface area contributed by atoms with Crippen molar-refractivity contribution in [1.82, 2.24) is 9.80 Å². The molecule has 0 radical (unpaired) electrons. The largest absolute Gasteiger partial charge is 0.496 e. The predicted molar refractivity (Wildman–Crippen MR) is 118 cm³/mol. The van der Waals surface area contributed by atoms with E-state index in [1.807, 2.05) is 48.5 Å². The molecule has 31 heavy (non-hydrogen) atoms. The Morgan fingerprint density at radius 2 is 1.48 bits per heavy atom. The number of carbonyl (C=O) groups is 2. The van der Waals surface area contributed by atoms with Gasteiger partial charge in [0.05, 0.1) is 26.3 Å². The van der Waals surface area contributed by atoms with E-state index < -0.39 is 0 Å². The second-order valence-electron chi connectivity index (χ2n) is 8.10. The van der Waals surface area contributed by atoms with E-state index >= 15 is 0 Å². The molecule has 1 fully saturated rings. The summed E-state index contributed by atoms with van der Waals surface area (Å²) in [6, 6.07) is 14.8. The Hall–Kier alpha value is -3.28. The molecule has 1 saturated heterocycles. The highest BCUT2D eigenvalue weighted by molar-refractivity contribution is 6.35. The number of hydrogen-bond acceptors (Lipinski definition) is 5. The molecule has 162 valence electrons. The molecule has 0 spiro atoms. The van der Waals surface area contributed by atoms with Crippen molar-refractivity contribution in [1.29, 1.82) is 0 Å². The monoisotopic (exact) mass is 420 g/mol. The lowest BCUT2D eigenvalue weighted by Gasteiger charge is -2.32. The van der Waals surface area contributed by atoms with Gasteiger partial charge in [-0.25, -0.2) is 0 Å². The zero-order chi connectivity index (χ0) is 22.0. The second-order valence-corrected chi connectivity index (χ2v) is 8.10. The van der Waals surface area contributed by atoms with Gasteiger partial charge in [0.15, 0.2) is 0 Å². The van der Waals surface area contributed by atoms with E-state index in [4.69, 9.17) is 9.47 Å². The van der Waals surface area contributed by atoms with E-state index in [-0.39, 0.29) is 18.4 Å². The van der Waals surface area contributed by atoms with Gasteiger partial charge in [0.2, 0.25) is 0 Å². The van der Waals surface area contributed by atoms with Gasteiger partial charge in [-0.1, -0.05) is 43.3 Å². The number of nitrogens with zero attached hydrogens (tertiary/aromatic N) is 2. The van der Waals surface area contributed by atoms with Gasteiger partial charge in [-0.05, 0) is 30.9 Å². The van der Waals surface area contributed by atoms with Crippen molar-refractivity contribution in [3.8, 4) is 11.5 Å². The Labute approximate surface area is 183 Å². The Kier molecular flexibility index (Phi) is 5.98. The molecule has 2 aliphatic rings. The number of ether oxygens (including phenoxy) is 2. The normalized spacial score (nSPS) is 17.5. The minimum atomic E-state index is -0.297. The summed E-state index contributed by atoms with van der Waals surface area (Å²) in [6.45, 7) is 3.91. The van der Waals surface area contributed by atoms with Crippen LogP contribution in [0.3, 0.4) is 0 Å². The quantitative estimate of drug-likeness (QED) is 0.667. The lowest BCUT2D eigenvalue weighted by molar-refractivity contribution is -0.138. The van der Waals surface area contributed by atoms with Crippen LogP contribution in [0.1, 0.15) is 30.9 Å². The number of piperidine rings is 1. The summed E-state index contributed by atoms with van der Waals surface area (Å²) >= 11 is 0. The van der Waals surface area contributed by atoms with Crippen LogP contribution in [0, 0.1) is 5.92 Å². The van der Waals surface area contributed by atoms with Gasteiger partial charge >= 0.3 is 0 Å². The summed E-state index contributed by atoms with van der Waals surface area (Å²) in [4.78, 5) is 30.6. The number of carbonyl (C=O) groups excluding carboxylic acids is 2. The van der Waals surface area contributed by atoms with Crippen molar-refractivity contribution < 1.29 is 19.1 Å². The van der Waals surface area contributed by atoms with Crippen LogP contribution in [0.4, 0.5) is 0 Å². The maximum absolute atomic E-state index is 13.6. The average molecular weight is 421 g/mol. The average Bonchev–Trinajstić information content (AvgIpc) is 3.04. The van der Waals surface area contributed by atoms with E-state index in [1.54, 1.807) is 14.2 Å². The standard InChI is InChI=1S/C25H28N2O4/c1-17-12-14-26(15-13-17)23-22(19-9-5-7-11-21(19)31-3)24(28)27(25(23)29)16-18-8-4-6-10-20(18)30-2/h4-11,17H,12-16H2,1-3H3. The molecule has 2 aliphatic heterocycles. The third-order valence-corrected chi connectivity index (χ3v) is 6.14. The van der Waals surface area contributed by atoms with Crippen LogP contribution in [0.25, 0.3) is 5.57 Å². The molecule has 0 N–H and O–H groups in total. The fraction of sp³-hybridized carbons (Fsp3) is 0.360. The minimum absolute atomic E-state index is 0.161. The Balaban J connectivity index is 1.77. The van der Waals surface area contributed by atoms with Gasteiger partial charge in [-0.2, -0.15) is 0 Å². The lowest BCUT2D eigenvalue weighted by atomic mass is 9.97. The fourth-order valence-corrected chi connectivity index (χ4v) is 4.33. The molecule has 2 heterocycles. The van der Waals surface area contributed by atoms with Crippen LogP contribution < -0.4 is 9.47 Å². The molecule has 0 atom stereocenters. The van der Waals surface area contributed by atoms with Gasteiger partial charge in [0.1, 0.15) is 17.2 Å². The topological polar surface area (TPSA) is 59.1 Å². The summed E-state index contributed by atoms with van der Waals surface area (Å²) in [5.74, 6) is 1.30. The maximum atomic E-state index is 13.6. The van der Waals surface area contributed by atoms with Crippen LogP contribution >= 0.6 is 0 Å². The number of para-hydroxylation sites is 2. The SMILES string of the molecule is COc1ccccc1CN1C(=O)C(c2ccccc2OC)=C(N2CCC(C)CC2)C1=O. The Morgan fingerprint density at radius 3 is 2.16 bits per heavy atom. The van der Waals surface area contributed by atoms with Crippen LogP contribution in [0.2, 0.25) is 0 Å². The number of amides is 2. The highest BCUT2D eigenvalue weighted by Gasteiger charge is 2.43. The third kappa shape index (κ3) is 3.90. The fourth-order valence-electron chi connectivity index (χ4n) is 4.33. The highest BCUT2D eigenvalue weighted by Crippen LogP contribution is 2.38. The number of rotatable bonds is 6. The molecule has 6 nitrogen and oxygen atoms in total. The van der Waals surface area contributed by atoms with E-state index in [0.717, 1.165) is 31.5 Å². The van der Waals surface area contributed by atoms with E-state index in [0.29, 0.717) is 34.3 Å². The molecule has 0 saturated carbocycles. The summed E-state index contributed by atoms with van der Waals surface area (Å²) in [7, 11) is 3.17. The van der Waals surface area contributed by atoms with Crippen molar-refractivity contribution in [3.63, 3.8) is 0 Å². The minimum Gasteiger partial charge on any atom is -0.496 e. The number of methoxy groups -OCH3 is 2. The highest BCUT2D eigenvalue weighted by atomic mass is 16.5. The summed E-state index contributed by atoms with van der Waals surface area (Å²) in [6.07, 6.45) is 1.99. The number of imide groups is 1. The van der Waals surface area contributed by atoms with Crippen molar-refractivity contribution in [2.24, 2.45) is 5.92 Å². The zero-order valence-corrected chi connectivity index (χ0v) is 18.3. The first-order valence-electron chi connectivity index (χ1n) is 10.7. The van der Waals surface area contributed by atoms with Crippen molar-refractivity contribution in [2.45, 2.75) is 26.3 Å². The Bertz CT molecular complexity index is 1020. The first-order chi connectivity index (χ1) is 15.0. The summed E-state index contributed by atoms with van der Waals surface area (Å²) in [5.41, 5.74) is 2.35. The number of hydrogen-bond donors (Lipinski definition) is 0. The molecule has 0 aliphatic carbocycles. The second kappa shape index (κ2) is 8.84. The van der Waals surface area contributed by atoms with Crippen molar-refractivity contribution in [2.75, 3.05) is 27.3 Å². The van der Waals surface area contributed by atoms with E-state index in [2.05, 4.69) is 11.8 Å². The first kappa shape index (κ1) is 21.0. The summed E-state index contributed by atoms with van der Waals surface area (Å²) < 4.78 is 11.0. The molecule has 6 heteroatoms. The van der Waals surface area contributed by atoms with E-state index in [9.17, 15) is 9.59 Å². The van der Waals surface area contributed by atoms with Crippen molar-refractivity contribution >= 4 is 17.4 Å². The van der Waals surface area contributed by atoms with Crippen LogP contribution in [0.15, 0.2) is 54.2 Å². The smallest absolute Gasteiger partial charge is 0.278 e. The van der Waals surface area contributed by atoms with Gasteiger partial charge < -0.3 is 14.4 Å². The van der Waals surface area contributed by atoms with Gasteiger partial charge in [-0.3, -0.25) is 14.5 Å². The molecule has 2 amide bonds. The van der Waals surface area contributed by atoms with Gasteiger partial charge in [0.25, 0.3) is 11.8 Å². The molecule has 2 aromatic carbocycles. The first-order valence-corrected chi connectivity index (χ1v) is 10.7. The van der Waals surface area contributed by atoms with Crippen LogP contribution in [-0.2, 0) is 16.1 Å². The molecule has 0 bridgehead atoms. The van der Waals surface area contributed by atoms with Crippen LogP contribution in [-0.4, -0.2) is 48.9 Å².